The molecular weight excluding hydrogens is 523 g/mol. The third kappa shape index (κ3) is 4.91. The van der Waals surface area contributed by atoms with Gasteiger partial charge in [0.05, 0.1) is 27.4 Å². The van der Waals surface area contributed by atoms with Gasteiger partial charge in [0, 0.05) is 24.2 Å². The number of hydrogen-bond acceptors (Lipinski definition) is 4. The number of benzene rings is 3. The van der Waals surface area contributed by atoms with E-state index < -0.39 is 33.9 Å². The second kappa shape index (κ2) is 10.1. The number of carbonyl (C=O) groups excluding carboxylic acids is 1. The number of fused-ring (bicyclic) bond motifs is 1. The van der Waals surface area contributed by atoms with Gasteiger partial charge in [-0.25, -0.2) is 13.0 Å². The van der Waals surface area contributed by atoms with Crippen LogP contribution in [0.1, 0.15) is 51.4 Å². The number of nitrogens with zero attached hydrogens (tertiary/aromatic N) is 2. The molecule has 9 heteroatoms. The van der Waals surface area contributed by atoms with E-state index in [1.54, 1.807) is 55.5 Å². The van der Waals surface area contributed by atoms with E-state index >= 15 is 13.2 Å². The number of rotatable bonds is 7. The Morgan fingerprint density at radius 1 is 1.08 bits per heavy atom. The van der Waals surface area contributed by atoms with Gasteiger partial charge in [0.1, 0.15) is 15.5 Å². The summed E-state index contributed by atoms with van der Waals surface area (Å²) >= 11 is 0. The summed E-state index contributed by atoms with van der Waals surface area (Å²) in [7, 11) is -2.40. The number of aryl methyl sites for hydroxylation is 2. The Balaban J connectivity index is 1.60. The molecule has 0 spiro atoms. The van der Waals surface area contributed by atoms with Crippen molar-refractivity contribution in [2.24, 2.45) is 4.36 Å². The molecule has 0 radical (unpaired) electrons. The number of hydrogen-bond donors (Lipinski definition) is 1. The van der Waals surface area contributed by atoms with Gasteiger partial charge in [-0.05, 0) is 55.9 Å². The maximum Gasteiger partial charge on any atom is 0.290 e. The van der Waals surface area contributed by atoms with Gasteiger partial charge in [0.15, 0.2) is 0 Å². The first-order chi connectivity index (χ1) is 18.6. The van der Waals surface area contributed by atoms with Crippen molar-refractivity contribution in [1.29, 1.82) is 0 Å². The van der Waals surface area contributed by atoms with E-state index in [2.05, 4.69) is 14.7 Å². The lowest BCUT2D eigenvalue weighted by molar-refractivity contribution is -0.00308. The van der Waals surface area contributed by atoms with Crippen molar-refractivity contribution in [3.63, 3.8) is 0 Å². The fourth-order valence-corrected chi connectivity index (χ4v) is 6.86. The molecule has 1 unspecified atom stereocenters. The zero-order chi connectivity index (χ0) is 27.9. The molecule has 1 amide bonds. The Labute approximate surface area is 225 Å². The standard InChI is InChI=1S/C30H28F3N3O2S/c1-18-11-14-23(19(2)15-18)30(32,33)17-36-29(37)27-22-7-4-5-9-24(22)35-16-26(27)39(38,34-3)25-10-6-8-21(28(25)31)20-12-13-20/h4-11,14-16,20H,12-13,17H2,1-3H3,(H,36,37). The van der Waals surface area contributed by atoms with E-state index in [-0.39, 0.29) is 26.8 Å². The number of carbonyl (C=O) groups is 1. The van der Waals surface area contributed by atoms with Crippen molar-refractivity contribution in [2.75, 3.05) is 13.6 Å². The van der Waals surface area contributed by atoms with Crippen molar-refractivity contribution in [1.82, 2.24) is 10.3 Å². The monoisotopic (exact) mass is 551 g/mol. The highest BCUT2D eigenvalue weighted by Gasteiger charge is 2.36. The third-order valence-corrected chi connectivity index (χ3v) is 9.41. The van der Waals surface area contributed by atoms with Crippen LogP contribution in [0.3, 0.4) is 0 Å². The molecule has 5 rings (SSSR count). The van der Waals surface area contributed by atoms with E-state index in [0.717, 1.165) is 18.4 Å². The van der Waals surface area contributed by atoms with Gasteiger partial charge in [-0.15, -0.1) is 0 Å². The minimum Gasteiger partial charge on any atom is -0.346 e. The van der Waals surface area contributed by atoms with Crippen LogP contribution in [0.15, 0.2) is 81.0 Å². The van der Waals surface area contributed by atoms with Gasteiger partial charge < -0.3 is 5.32 Å². The van der Waals surface area contributed by atoms with Crippen LogP contribution in [0.2, 0.25) is 0 Å². The topological polar surface area (TPSA) is 71.4 Å². The van der Waals surface area contributed by atoms with Crippen LogP contribution < -0.4 is 5.32 Å². The van der Waals surface area contributed by atoms with Gasteiger partial charge in [0.25, 0.3) is 11.8 Å². The molecule has 0 saturated heterocycles. The van der Waals surface area contributed by atoms with Crippen molar-refractivity contribution in [2.45, 2.75) is 48.3 Å². The lowest BCUT2D eigenvalue weighted by Gasteiger charge is -2.21. The molecule has 202 valence electrons. The molecule has 5 nitrogen and oxygen atoms in total. The summed E-state index contributed by atoms with van der Waals surface area (Å²) in [5, 5.41) is 2.64. The summed E-state index contributed by atoms with van der Waals surface area (Å²) in [4.78, 5) is 17.7. The highest BCUT2D eigenvalue weighted by atomic mass is 32.2. The first kappa shape index (κ1) is 26.9. The molecule has 1 aromatic heterocycles. The Bertz CT molecular complexity index is 1720. The average Bonchev–Trinajstić information content (AvgIpc) is 3.76. The lowest BCUT2D eigenvalue weighted by Crippen LogP contribution is -2.36. The molecule has 1 aliphatic rings. The molecule has 39 heavy (non-hydrogen) atoms. The molecule has 1 heterocycles. The van der Waals surface area contributed by atoms with E-state index in [1.807, 2.05) is 6.92 Å². The SMILES string of the molecule is CN=S(=O)(c1cccc(C2CC2)c1F)c1cnc2ccccc2c1C(=O)NCC(F)(F)c1ccc(C)cc1C. The van der Waals surface area contributed by atoms with Crippen LogP contribution in [0.25, 0.3) is 10.9 Å². The molecule has 3 aromatic carbocycles. The Morgan fingerprint density at radius 3 is 2.51 bits per heavy atom. The number of para-hydroxylation sites is 1. The van der Waals surface area contributed by atoms with Crippen LogP contribution in [-0.2, 0) is 15.7 Å². The Morgan fingerprint density at radius 2 is 1.82 bits per heavy atom. The molecule has 1 aliphatic carbocycles. The second-order valence-electron chi connectivity index (χ2n) is 9.86. The Hall–Kier alpha value is -3.72. The van der Waals surface area contributed by atoms with Gasteiger partial charge in [-0.2, -0.15) is 8.78 Å². The van der Waals surface area contributed by atoms with Crippen molar-refractivity contribution in [3.8, 4) is 0 Å². The van der Waals surface area contributed by atoms with E-state index in [0.29, 0.717) is 22.0 Å². The van der Waals surface area contributed by atoms with Crippen LogP contribution in [-0.4, -0.2) is 28.7 Å². The first-order valence-electron chi connectivity index (χ1n) is 12.6. The van der Waals surface area contributed by atoms with Gasteiger partial charge >= 0.3 is 0 Å². The smallest absolute Gasteiger partial charge is 0.290 e. The summed E-state index contributed by atoms with van der Waals surface area (Å²) in [6.07, 6.45) is 2.91. The van der Waals surface area contributed by atoms with Crippen LogP contribution in [0.5, 0.6) is 0 Å². The van der Waals surface area contributed by atoms with Crippen LogP contribution >= 0.6 is 0 Å². The van der Waals surface area contributed by atoms with Crippen LogP contribution in [0, 0.1) is 19.7 Å². The first-order valence-corrected chi connectivity index (χ1v) is 14.1. The average molecular weight is 552 g/mol. The fourth-order valence-electron chi connectivity index (χ4n) is 4.93. The molecule has 1 N–H and O–H groups in total. The second-order valence-corrected chi connectivity index (χ2v) is 12.2. The van der Waals surface area contributed by atoms with Crippen molar-refractivity contribution in [3.05, 3.63) is 100 Å². The highest BCUT2D eigenvalue weighted by Crippen LogP contribution is 2.43. The lowest BCUT2D eigenvalue weighted by atomic mass is 10.00. The number of alkyl halides is 2. The number of amides is 1. The maximum atomic E-state index is 15.7. The predicted molar refractivity (Wildman–Crippen MR) is 145 cm³/mol. The number of halogens is 3. The fraction of sp³-hybridized carbons (Fsp3) is 0.267. The number of aromatic nitrogens is 1. The number of pyridine rings is 1. The van der Waals surface area contributed by atoms with E-state index in [4.69, 9.17) is 0 Å². The zero-order valence-electron chi connectivity index (χ0n) is 21.8. The summed E-state index contributed by atoms with van der Waals surface area (Å²) in [6, 6.07) is 15.9. The minimum atomic E-state index is -3.69. The Kier molecular flexibility index (Phi) is 6.97. The molecule has 0 aliphatic heterocycles. The third-order valence-electron chi connectivity index (χ3n) is 7.08. The molecule has 0 bridgehead atoms. The van der Waals surface area contributed by atoms with Gasteiger partial charge in [-0.3, -0.25) is 9.78 Å². The van der Waals surface area contributed by atoms with Crippen molar-refractivity contribution < 1.29 is 22.2 Å². The molecule has 1 fully saturated rings. The minimum absolute atomic E-state index is 0.0513. The normalized spacial score (nSPS) is 15.1. The van der Waals surface area contributed by atoms with E-state index in [1.165, 1.54) is 25.4 Å². The summed E-state index contributed by atoms with van der Waals surface area (Å²) in [5.41, 5.74) is 1.79. The molecule has 4 aromatic rings. The summed E-state index contributed by atoms with van der Waals surface area (Å²) < 4.78 is 64.7. The maximum absolute atomic E-state index is 15.7. The highest BCUT2D eigenvalue weighted by molar-refractivity contribution is 7.93. The van der Waals surface area contributed by atoms with Crippen molar-refractivity contribution >= 4 is 26.5 Å². The zero-order valence-corrected chi connectivity index (χ0v) is 22.6. The molecular formula is C30H28F3N3O2S. The number of nitrogens with one attached hydrogen (secondary N) is 1. The summed E-state index contributed by atoms with van der Waals surface area (Å²) in [5.74, 6) is -4.81. The van der Waals surface area contributed by atoms with Gasteiger partial charge in [-0.1, -0.05) is 54.1 Å². The largest absolute Gasteiger partial charge is 0.346 e. The van der Waals surface area contributed by atoms with E-state index in [9.17, 15) is 9.00 Å². The quantitative estimate of drug-likeness (QED) is 0.271. The summed E-state index contributed by atoms with van der Waals surface area (Å²) in [6.45, 7) is 2.42. The molecule has 1 atom stereocenters. The van der Waals surface area contributed by atoms with Gasteiger partial charge in [0.2, 0.25) is 0 Å². The van der Waals surface area contributed by atoms with Crippen LogP contribution in [0.4, 0.5) is 13.2 Å². The molecule has 1 saturated carbocycles. The predicted octanol–water partition coefficient (Wildman–Crippen LogP) is 6.91.